The van der Waals surface area contributed by atoms with E-state index in [2.05, 4.69) is 5.32 Å². The van der Waals surface area contributed by atoms with Crippen LogP contribution >= 0.6 is 23.2 Å². The maximum Gasteiger partial charge on any atom is 0.125 e. The maximum atomic E-state index is 6.05. The highest BCUT2D eigenvalue weighted by Crippen LogP contribution is 2.32. The van der Waals surface area contributed by atoms with Gasteiger partial charge < -0.3 is 10.1 Å². The number of halogens is 2. The van der Waals surface area contributed by atoms with Crippen LogP contribution in [0.15, 0.2) is 12.1 Å². The summed E-state index contributed by atoms with van der Waals surface area (Å²) in [6.07, 6.45) is 0. The number of hydrogen-bond acceptors (Lipinski definition) is 2. The topological polar surface area (TPSA) is 21.3 Å². The maximum absolute atomic E-state index is 6.05. The first kappa shape index (κ1) is 11.6. The number of nitrogens with one attached hydrogen (secondary N) is 1. The molecule has 0 aliphatic heterocycles. The highest BCUT2D eigenvalue weighted by Gasteiger charge is 2.13. The summed E-state index contributed by atoms with van der Waals surface area (Å²) in [6, 6.07) is 3.70. The minimum Gasteiger partial charge on any atom is -0.496 e. The van der Waals surface area contributed by atoms with Crippen LogP contribution in [0, 0.1) is 6.92 Å². The molecule has 0 spiro atoms. The van der Waals surface area contributed by atoms with E-state index in [1.165, 1.54) is 0 Å². The van der Waals surface area contributed by atoms with Crippen molar-refractivity contribution in [1.82, 2.24) is 5.32 Å². The standard InChI is InChI=1S/C10H13Cl2NO/c1-6-4-9(14-3)7(5-8(6)11)10(12)13-2/h4-5,10,13H,1-3H3. The molecular formula is C10H13Cl2NO. The van der Waals surface area contributed by atoms with Crippen molar-refractivity contribution in [2.45, 2.75) is 12.4 Å². The zero-order chi connectivity index (χ0) is 10.7. The largest absolute Gasteiger partial charge is 0.496 e. The molecular weight excluding hydrogens is 221 g/mol. The van der Waals surface area contributed by atoms with E-state index < -0.39 is 0 Å². The Morgan fingerprint density at radius 1 is 1.43 bits per heavy atom. The van der Waals surface area contributed by atoms with E-state index >= 15 is 0 Å². The molecule has 0 amide bonds. The Bertz CT molecular complexity index is 328. The Morgan fingerprint density at radius 3 is 2.57 bits per heavy atom. The molecule has 1 N–H and O–H groups in total. The van der Waals surface area contributed by atoms with Gasteiger partial charge in [0.1, 0.15) is 11.3 Å². The molecule has 0 aromatic heterocycles. The van der Waals surface area contributed by atoms with Gasteiger partial charge in [0.25, 0.3) is 0 Å². The average Bonchev–Trinajstić information content (AvgIpc) is 2.20. The van der Waals surface area contributed by atoms with Crippen LogP contribution in [0.4, 0.5) is 0 Å². The van der Waals surface area contributed by atoms with Crippen molar-refractivity contribution in [3.05, 3.63) is 28.3 Å². The highest BCUT2D eigenvalue weighted by atomic mass is 35.5. The van der Waals surface area contributed by atoms with Gasteiger partial charge in [0, 0.05) is 10.6 Å². The molecule has 1 rings (SSSR count). The van der Waals surface area contributed by atoms with Crippen LogP contribution in [0.3, 0.4) is 0 Å². The Morgan fingerprint density at radius 2 is 2.07 bits per heavy atom. The second-order valence-corrected chi connectivity index (χ2v) is 3.84. The second kappa shape index (κ2) is 4.87. The summed E-state index contributed by atoms with van der Waals surface area (Å²) in [4.78, 5) is 0. The Hall–Kier alpha value is -0.440. The molecule has 78 valence electrons. The first-order valence-electron chi connectivity index (χ1n) is 4.25. The average molecular weight is 234 g/mol. The molecule has 0 bridgehead atoms. The molecule has 14 heavy (non-hydrogen) atoms. The van der Waals surface area contributed by atoms with E-state index in [0.29, 0.717) is 5.02 Å². The first-order valence-corrected chi connectivity index (χ1v) is 5.07. The third-order valence-electron chi connectivity index (χ3n) is 2.04. The quantitative estimate of drug-likeness (QED) is 0.640. The molecule has 1 aromatic carbocycles. The number of methoxy groups -OCH3 is 1. The predicted molar refractivity (Wildman–Crippen MR) is 60.4 cm³/mol. The van der Waals surface area contributed by atoms with Crippen molar-refractivity contribution in [1.29, 1.82) is 0 Å². The predicted octanol–water partition coefficient (Wildman–Crippen LogP) is 3.11. The number of ether oxygens (including phenoxy) is 1. The fourth-order valence-corrected chi connectivity index (χ4v) is 1.54. The minimum atomic E-state index is -0.289. The fourth-order valence-electron chi connectivity index (χ4n) is 1.20. The van der Waals surface area contributed by atoms with Crippen molar-refractivity contribution in [2.75, 3.05) is 14.2 Å². The van der Waals surface area contributed by atoms with E-state index in [0.717, 1.165) is 16.9 Å². The third-order valence-corrected chi connectivity index (χ3v) is 2.90. The molecule has 1 atom stereocenters. The van der Waals surface area contributed by atoms with Crippen molar-refractivity contribution in [3.8, 4) is 5.75 Å². The van der Waals surface area contributed by atoms with Crippen LogP contribution in [-0.2, 0) is 0 Å². The Labute approximate surface area is 94.2 Å². The lowest BCUT2D eigenvalue weighted by Gasteiger charge is -2.14. The first-order chi connectivity index (χ1) is 6.60. The fraction of sp³-hybridized carbons (Fsp3) is 0.400. The van der Waals surface area contributed by atoms with Gasteiger partial charge in [-0.2, -0.15) is 0 Å². The number of hydrogen-bond donors (Lipinski definition) is 1. The zero-order valence-electron chi connectivity index (χ0n) is 8.40. The van der Waals surface area contributed by atoms with Crippen molar-refractivity contribution < 1.29 is 4.74 Å². The summed E-state index contributed by atoms with van der Waals surface area (Å²) in [5, 5.41) is 3.63. The number of benzene rings is 1. The van der Waals surface area contributed by atoms with Gasteiger partial charge in [-0.25, -0.2) is 0 Å². The van der Waals surface area contributed by atoms with Crippen LogP contribution in [0.2, 0.25) is 5.02 Å². The van der Waals surface area contributed by atoms with E-state index in [-0.39, 0.29) is 5.50 Å². The van der Waals surface area contributed by atoms with Crippen LogP contribution < -0.4 is 10.1 Å². The Balaban J connectivity index is 3.19. The molecule has 0 heterocycles. The molecule has 1 unspecified atom stereocenters. The summed E-state index contributed by atoms with van der Waals surface area (Å²) < 4.78 is 5.22. The van der Waals surface area contributed by atoms with Crippen LogP contribution in [-0.4, -0.2) is 14.2 Å². The van der Waals surface area contributed by atoms with Gasteiger partial charge in [-0.3, -0.25) is 0 Å². The van der Waals surface area contributed by atoms with Gasteiger partial charge in [0.05, 0.1) is 7.11 Å². The third kappa shape index (κ3) is 2.32. The number of aryl methyl sites for hydroxylation is 1. The van der Waals surface area contributed by atoms with Crippen LogP contribution in [0.25, 0.3) is 0 Å². The van der Waals surface area contributed by atoms with Crippen molar-refractivity contribution >= 4 is 23.2 Å². The van der Waals surface area contributed by atoms with E-state index in [9.17, 15) is 0 Å². The monoisotopic (exact) mass is 233 g/mol. The SMILES string of the molecule is CNC(Cl)c1cc(Cl)c(C)cc1OC. The highest BCUT2D eigenvalue weighted by molar-refractivity contribution is 6.31. The second-order valence-electron chi connectivity index (χ2n) is 2.99. The summed E-state index contributed by atoms with van der Waals surface area (Å²) >= 11 is 12.1. The summed E-state index contributed by atoms with van der Waals surface area (Å²) in [7, 11) is 3.40. The van der Waals surface area contributed by atoms with Gasteiger partial charge in [-0.1, -0.05) is 11.6 Å². The van der Waals surface area contributed by atoms with E-state index in [4.69, 9.17) is 27.9 Å². The molecule has 0 saturated heterocycles. The van der Waals surface area contributed by atoms with E-state index in [1.807, 2.05) is 19.1 Å². The lowest BCUT2D eigenvalue weighted by Crippen LogP contribution is -2.11. The van der Waals surface area contributed by atoms with Crippen LogP contribution in [0.5, 0.6) is 5.75 Å². The normalized spacial score (nSPS) is 12.6. The molecule has 0 radical (unpaired) electrons. The lowest BCUT2D eigenvalue weighted by molar-refractivity contribution is 0.407. The molecule has 4 heteroatoms. The zero-order valence-corrected chi connectivity index (χ0v) is 9.91. The molecule has 0 saturated carbocycles. The summed E-state index contributed by atoms with van der Waals surface area (Å²) in [5.41, 5.74) is 1.54. The molecule has 0 aliphatic rings. The van der Waals surface area contributed by atoms with Gasteiger partial charge in [0.2, 0.25) is 0 Å². The number of alkyl halides is 1. The molecule has 2 nitrogen and oxygen atoms in total. The van der Waals surface area contributed by atoms with Crippen LogP contribution in [0.1, 0.15) is 16.6 Å². The number of rotatable bonds is 3. The van der Waals surface area contributed by atoms with Gasteiger partial charge in [-0.15, -0.1) is 11.6 Å². The van der Waals surface area contributed by atoms with Crippen molar-refractivity contribution in [2.24, 2.45) is 0 Å². The smallest absolute Gasteiger partial charge is 0.125 e. The lowest BCUT2D eigenvalue weighted by atomic mass is 10.1. The van der Waals surface area contributed by atoms with E-state index in [1.54, 1.807) is 14.2 Å². The molecule has 1 aromatic rings. The Kier molecular flexibility index (Phi) is 4.05. The van der Waals surface area contributed by atoms with Gasteiger partial charge >= 0.3 is 0 Å². The molecule has 0 aliphatic carbocycles. The van der Waals surface area contributed by atoms with Gasteiger partial charge in [-0.05, 0) is 31.7 Å². The van der Waals surface area contributed by atoms with Gasteiger partial charge in [0.15, 0.2) is 0 Å². The van der Waals surface area contributed by atoms with Crippen molar-refractivity contribution in [3.63, 3.8) is 0 Å². The summed E-state index contributed by atoms with van der Waals surface area (Å²) in [6.45, 7) is 1.93. The molecule has 0 fully saturated rings. The minimum absolute atomic E-state index is 0.289. The summed E-state index contributed by atoms with van der Waals surface area (Å²) in [5.74, 6) is 0.751.